The van der Waals surface area contributed by atoms with Gasteiger partial charge in [-0.25, -0.2) is 4.98 Å². The van der Waals surface area contributed by atoms with E-state index in [2.05, 4.69) is 10.3 Å². The van der Waals surface area contributed by atoms with Crippen molar-refractivity contribution in [2.24, 2.45) is 0 Å². The maximum atomic E-state index is 12.5. The van der Waals surface area contributed by atoms with E-state index in [1.165, 1.54) is 17.6 Å². The summed E-state index contributed by atoms with van der Waals surface area (Å²) < 4.78 is 6.17. The predicted octanol–water partition coefficient (Wildman–Crippen LogP) is 2.92. The van der Waals surface area contributed by atoms with E-state index >= 15 is 0 Å². The van der Waals surface area contributed by atoms with Gasteiger partial charge >= 0.3 is 0 Å². The number of aromatic nitrogens is 1. The lowest BCUT2D eigenvalue weighted by Gasteiger charge is -2.31. The quantitative estimate of drug-likeness (QED) is 0.784. The van der Waals surface area contributed by atoms with E-state index in [0.29, 0.717) is 24.4 Å². The van der Waals surface area contributed by atoms with Gasteiger partial charge in [0.1, 0.15) is 0 Å². The van der Waals surface area contributed by atoms with Crippen molar-refractivity contribution in [1.29, 1.82) is 0 Å². The Morgan fingerprint density at radius 1 is 1.24 bits per heavy atom. The minimum absolute atomic E-state index is 0.0744. The number of carbonyl (C=O) groups is 2. The molecule has 3 aromatic rings. The van der Waals surface area contributed by atoms with Crippen LogP contribution in [0.3, 0.4) is 0 Å². The van der Waals surface area contributed by atoms with Crippen molar-refractivity contribution in [2.45, 2.75) is 18.9 Å². The molecule has 2 aromatic heterocycles. The fourth-order valence-corrected chi connectivity index (χ4v) is 3.76. The van der Waals surface area contributed by atoms with E-state index in [1.54, 1.807) is 28.6 Å². The maximum absolute atomic E-state index is 12.5. The SMILES string of the molecule is O=C(NC1CCN(C(=O)c2ccco2)CC1)c1ccc2ncsc2c1. The van der Waals surface area contributed by atoms with Gasteiger partial charge in [0.15, 0.2) is 5.76 Å². The second kappa shape index (κ2) is 6.68. The van der Waals surface area contributed by atoms with Crippen LogP contribution in [0, 0.1) is 0 Å². The Hall–Kier alpha value is -2.67. The van der Waals surface area contributed by atoms with Crippen molar-refractivity contribution in [3.8, 4) is 0 Å². The first-order valence-electron chi connectivity index (χ1n) is 8.17. The molecule has 1 saturated heterocycles. The van der Waals surface area contributed by atoms with Crippen molar-refractivity contribution < 1.29 is 14.0 Å². The molecule has 1 aromatic carbocycles. The van der Waals surface area contributed by atoms with Gasteiger partial charge < -0.3 is 14.6 Å². The molecule has 2 amide bonds. The summed E-state index contributed by atoms with van der Waals surface area (Å²) in [7, 11) is 0. The van der Waals surface area contributed by atoms with Gasteiger partial charge in [-0.1, -0.05) is 0 Å². The van der Waals surface area contributed by atoms with Gasteiger partial charge in [-0.05, 0) is 43.2 Å². The molecule has 0 atom stereocenters. The summed E-state index contributed by atoms with van der Waals surface area (Å²) in [6.07, 6.45) is 2.97. The molecule has 6 nitrogen and oxygen atoms in total. The van der Waals surface area contributed by atoms with E-state index in [-0.39, 0.29) is 17.9 Å². The van der Waals surface area contributed by atoms with Crippen molar-refractivity contribution in [3.05, 3.63) is 53.4 Å². The van der Waals surface area contributed by atoms with Gasteiger partial charge in [0.25, 0.3) is 11.8 Å². The second-order valence-corrected chi connectivity index (χ2v) is 6.94. The maximum Gasteiger partial charge on any atom is 0.289 e. The van der Waals surface area contributed by atoms with Crippen LogP contribution in [0.15, 0.2) is 46.5 Å². The molecular weight excluding hydrogens is 338 g/mol. The zero-order chi connectivity index (χ0) is 17.2. The van der Waals surface area contributed by atoms with Gasteiger partial charge in [-0.2, -0.15) is 0 Å². The van der Waals surface area contributed by atoms with Gasteiger partial charge in [-0.3, -0.25) is 9.59 Å². The van der Waals surface area contributed by atoms with Crippen molar-refractivity contribution in [1.82, 2.24) is 15.2 Å². The van der Waals surface area contributed by atoms with Gasteiger partial charge in [0.2, 0.25) is 0 Å². The molecule has 0 radical (unpaired) electrons. The van der Waals surface area contributed by atoms with Gasteiger partial charge in [0.05, 0.1) is 22.0 Å². The molecule has 0 aliphatic carbocycles. The molecule has 0 spiro atoms. The summed E-state index contributed by atoms with van der Waals surface area (Å²) in [5.74, 6) is 0.192. The first kappa shape index (κ1) is 15.8. The predicted molar refractivity (Wildman–Crippen MR) is 94.7 cm³/mol. The fraction of sp³-hybridized carbons (Fsp3) is 0.278. The number of nitrogens with one attached hydrogen (secondary N) is 1. The summed E-state index contributed by atoms with van der Waals surface area (Å²) in [5, 5.41) is 3.07. The van der Waals surface area contributed by atoms with E-state index < -0.39 is 0 Å². The number of furan rings is 1. The number of hydrogen-bond acceptors (Lipinski definition) is 5. The molecule has 7 heteroatoms. The lowest BCUT2D eigenvalue weighted by molar-refractivity contribution is 0.0667. The molecule has 4 rings (SSSR count). The molecule has 1 fully saturated rings. The third-order valence-electron chi connectivity index (χ3n) is 4.44. The molecule has 0 bridgehead atoms. The molecule has 1 aliphatic heterocycles. The number of rotatable bonds is 3. The normalized spacial score (nSPS) is 15.4. The van der Waals surface area contributed by atoms with E-state index in [4.69, 9.17) is 4.42 Å². The number of nitrogens with zero attached hydrogens (tertiary/aromatic N) is 2. The Morgan fingerprint density at radius 2 is 2.08 bits per heavy atom. The summed E-state index contributed by atoms with van der Waals surface area (Å²) >= 11 is 1.52. The van der Waals surface area contributed by atoms with Crippen LogP contribution < -0.4 is 5.32 Å². The third kappa shape index (κ3) is 3.28. The molecule has 0 saturated carbocycles. The lowest BCUT2D eigenvalue weighted by Crippen LogP contribution is -2.46. The van der Waals surface area contributed by atoms with Crippen molar-refractivity contribution >= 4 is 33.4 Å². The average molecular weight is 355 g/mol. The number of hydrogen-bond donors (Lipinski definition) is 1. The van der Waals surface area contributed by atoms with Crippen LogP contribution in [0.25, 0.3) is 10.2 Å². The second-order valence-electron chi connectivity index (χ2n) is 6.05. The highest BCUT2D eigenvalue weighted by Crippen LogP contribution is 2.20. The number of fused-ring (bicyclic) bond motifs is 1. The average Bonchev–Trinajstić information content (AvgIpc) is 3.32. The lowest BCUT2D eigenvalue weighted by atomic mass is 10.0. The Kier molecular flexibility index (Phi) is 4.23. The monoisotopic (exact) mass is 355 g/mol. The number of piperidine rings is 1. The zero-order valence-corrected chi connectivity index (χ0v) is 14.3. The minimum Gasteiger partial charge on any atom is -0.459 e. The van der Waals surface area contributed by atoms with Crippen LogP contribution in [-0.4, -0.2) is 40.8 Å². The number of likely N-dealkylation sites (tertiary alicyclic amines) is 1. The summed E-state index contributed by atoms with van der Waals surface area (Å²) in [4.78, 5) is 30.7. The molecule has 1 N–H and O–H groups in total. The first-order chi connectivity index (χ1) is 12.2. The van der Waals surface area contributed by atoms with Crippen LogP contribution in [0.2, 0.25) is 0 Å². The molecule has 0 unspecified atom stereocenters. The van der Waals surface area contributed by atoms with Crippen molar-refractivity contribution in [3.63, 3.8) is 0 Å². The Balaban J connectivity index is 1.35. The summed E-state index contributed by atoms with van der Waals surface area (Å²) in [6, 6.07) is 8.99. The third-order valence-corrected chi connectivity index (χ3v) is 5.23. The molecule has 1 aliphatic rings. The molecule has 25 heavy (non-hydrogen) atoms. The number of thiazole rings is 1. The van der Waals surface area contributed by atoms with E-state index in [9.17, 15) is 9.59 Å². The largest absolute Gasteiger partial charge is 0.459 e. The zero-order valence-electron chi connectivity index (χ0n) is 13.5. The first-order valence-corrected chi connectivity index (χ1v) is 9.05. The highest BCUT2D eigenvalue weighted by atomic mass is 32.1. The van der Waals surface area contributed by atoms with Crippen molar-refractivity contribution in [2.75, 3.05) is 13.1 Å². The molecule has 128 valence electrons. The van der Waals surface area contributed by atoms with Crippen LogP contribution in [0.4, 0.5) is 0 Å². The van der Waals surface area contributed by atoms with Crippen LogP contribution in [-0.2, 0) is 0 Å². The Bertz CT molecular complexity index is 895. The summed E-state index contributed by atoms with van der Waals surface area (Å²) in [6.45, 7) is 1.22. The van der Waals surface area contributed by atoms with Crippen LogP contribution in [0.5, 0.6) is 0 Å². The highest BCUT2D eigenvalue weighted by molar-refractivity contribution is 7.16. The molecule has 3 heterocycles. The molecular formula is C18H17N3O3S. The topological polar surface area (TPSA) is 75.4 Å². The highest BCUT2D eigenvalue weighted by Gasteiger charge is 2.26. The standard InChI is InChI=1S/C18H17N3O3S/c22-17(12-3-4-14-16(10-12)25-11-19-14)20-13-5-7-21(8-6-13)18(23)15-2-1-9-24-15/h1-4,9-11,13H,5-8H2,(H,20,22). The fourth-order valence-electron chi connectivity index (χ4n) is 3.05. The smallest absolute Gasteiger partial charge is 0.289 e. The van der Waals surface area contributed by atoms with Gasteiger partial charge in [-0.15, -0.1) is 11.3 Å². The van der Waals surface area contributed by atoms with Crippen LogP contribution >= 0.6 is 11.3 Å². The van der Waals surface area contributed by atoms with Crippen LogP contribution in [0.1, 0.15) is 33.8 Å². The number of amides is 2. The Labute approximate surface area is 148 Å². The van der Waals surface area contributed by atoms with E-state index in [1.807, 2.05) is 12.1 Å². The Morgan fingerprint density at radius 3 is 2.84 bits per heavy atom. The number of carbonyl (C=O) groups excluding carboxylic acids is 2. The minimum atomic E-state index is -0.0922. The number of benzene rings is 1. The van der Waals surface area contributed by atoms with E-state index in [0.717, 1.165) is 23.1 Å². The summed E-state index contributed by atoms with van der Waals surface area (Å²) in [5.41, 5.74) is 3.33. The van der Waals surface area contributed by atoms with Gasteiger partial charge in [0, 0.05) is 24.7 Å².